The number of rotatable bonds is 4. The van der Waals surface area contributed by atoms with E-state index in [0.29, 0.717) is 46.4 Å². The summed E-state index contributed by atoms with van der Waals surface area (Å²) in [6.45, 7) is 2.65. The average molecular weight is 407 g/mol. The number of hydrogen-bond acceptors (Lipinski definition) is 3. The van der Waals surface area contributed by atoms with Crippen molar-refractivity contribution in [2.75, 3.05) is 11.4 Å². The zero-order chi connectivity index (χ0) is 20.4. The Morgan fingerprint density at radius 2 is 1.79 bits per heavy atom. The van der Waals surface area contributed by atoms with E-state index in [9.17, 15) is 9.59 Å². The molecule has 1 aliphatic rings. The first-order chi connectivity index (χ1) is 14.1. The number of anilines is 1. The highest BCUT2D eigenvalue weighted by atomic mass is 35.5. The summed E-state index contributed by atoms with van der Waals surface area (Å²) < 4.78 is 5.97. The predicted molar refractivity (Wildman–Crippen MR) is 113 cm³/mol. The van der Waals surface area contributed by atoms with Crippen LogP contribution in [-0.2, 0) is 6.54 Å². The topological polar surface area (TPSA) is 58.6 Å². The van der Waals surface area contributed by atoms with Gasteiger partial charge >= 0.3 is 0 Å². The van der Waals surface area contributed by atoms with Crippen molar-refractivity contribution in [2.45, 2.75) is 13.5 Å². The molecule has 0 aromatic heterocycles. The van der Waals surface area contributed by atoms with E-state index in [1.54, 1.807) is 47.4 Å². The normalized spacial score (nSPS) is 12.5. The van der Waals surface area contributed by atoms with Gasteiger partial charge in [0, 0.05) is 23.7 Å². The van der Waals surface area contributed by atoms with Gasteiger partial charge in [-0.1, -0.05) is 41.9 Å². The number of nitrogens with one attached hydrogen (secondary N) is 1. The van der Waals surface area contributed by atoms with Crippen LogP contribution in [0, 0.1) is 0 Å². The van der Waals surface area contributed by atoms with Crippen LogP contribution in [0.5, 0.6) is 11.5 Å². The molecular weight excluding hydrogens is 388 g/mol. The van der Waals surface area contributed by atoms with E-state index >= 15 is 0 Å². The molecule has 3 aromatic rings. The molecule has 0 radical (unpaired) electrons. The maximum absolute atomic E-state index is 13.0. The highest BCUT2D eigenvalue weighted by Crippen LogP contribution is 2.39. The van der Waals surface area contributed by atoms with Crippen molar-refractivity contribution in [2.24, 2.45) is 0 Å². The number of halogens is 1. The minimum absolute atomic E-state index is 0.157. The van der Waals surface area contributed by atoms with Gasteiger partial charge in [-0.3, -0.25) is 9.59 Å². The molecular formula is C23H19ClN2O3. The summed E-state index contributed by atoms with van der Waals surface area (Å²) >= 11 is 6.15. The summed E-state index contributed by atoms with van der Waals surface area (Å²) in [5, 5.41) is 3.47. The number of carbonyl (C=O) groups is 2. The third kappa shape index (κ3) is 3.69. The Kier molecular flexibility index (Phi) is 5.23. The Hall–Kier alpha value is -3.31. The van der Waals surface area contributed by atoms with E-state index in [1.165, 1.54) is 0 Å². The summed E-state index contributed by atoms with van der Waals surface area (Å²) in [7, 11) is 0. The molecule has 0 fully saturated rings. The minimum Gasteiger partial charge on any atom is -0.454 e. The van der Waals surface area contributed by atoms with Crippen molar-refractivity contribution in [3.05, 3.63) is 88.4 Å². The molecule has 5 nitrogen and oxygen atoms in total. The number of fused-ring (bicyclic) bond motifs is 2. The van der Waals surface area contributed by atoms with Gasteiger partial charge in [0.05, 0.1) is 11.3 Å². The third-order valence-electron chi connectivity index (χ3n) is 4.81. The number of benzene rings is 3. The molecule has 1 N–H and O–H groups in total. The molecule has 0 unspecified atom stereocenters. The molecule has 29 heavy (non-hydrogen) atoms. The number of carbonyl (C=O) groups excluding carboxylic acids is 2. The molecule has 0 saturated carbocycles. The van der Waals surface area contributed by atoms with Gasteiger partial charge in [-0.2, -0.15) is 0 Å². The fourth-order valence-corrected chi connectivity index (χ4v) is 3.50. The average Bonchev–Trinajstić information content (AvgIpc) is 2.86. The second kappa shape index (κ2) is 7.97. The molecule has 6 heteroatoms. The Balaban J connectivity index is 1.62. The van der Waals surface area contributed by atoms with Crippen LogP contribution in [0.1, 0.15) is 33.2 Å². The zero-order valence-electron chi connectivity index (χ0n) is 15.8. The molecule has 0 aliphatic carbocycles. The van der Waals surface area contributed by atoms with Gasteiger partial charge in [-0.05, 0) is 48.9 Å². The lowest BCUT2D eigenvalue weighted by atomic mass is 10.1. The molecule has 4 rings (SSSR count). The molecule has 0 bridgehead atoms. The number of amides is 2. The van der Waals surface area contributed by atoms with E-state index in [2.05, 4.69) is 5.32 Å². The van der Waals surface area contributed by atoms with Crippen molar-refractivity contribution in [1.82, 2.24) is 5.32 Å². The van der Waals surface area contributed by atoms with E-state index < -0.39 is 0 Å². The van der Waals surface area contributed by atoms with Crippen LogP contribution in [0.4, 0.5) is 5.69 Å². The second-order valence-electron chi connectivity index (χ2n) is 6.60. The van der Waals surface area contributed by atoms with Crippen LogP contribution >= 0.6 is 11.6 Å². The first kappa shape index (κ1) is 19.0. The Labute approximate surface area is 173 Å². The second-order valence-corrected chi connectivity index (χ2v) is 7.01. The predicted octanol–water partition coefficient (Wildman–Crippen LogP) is 5.04. The largest absolute Gasteiger partial charge is 0.454 e. The third-order valence-corrected chi connectivity index (χ3v) is 5.18. The lowest BCUT2D eigenvalue weighted by Crippen LogP contribution is -2.30. The summed E-state index contributed by atoms with van der Waals surface area (Å²) in [6, 6.07) is 19.6. The van der Waals surface area contributed by atoms with Gasteiger partial charge < -0.3 is 15.0 Å². The summed E-state index contributed by atoms with van der Waals surface area (Å²) in [4.78, 5) is 27.3. The molecule has 1 aliphatic heterocycles. The molecule has 0 saturated heterocycles. The lowest BCUT2D eigenvalue weighted by Gasteiger charge is -2.20. The van der Waals surface area contributed by atoms with Crippen LogP contribution in [0.2, 0.25) is 5.02 Å². The Morgan fingerprint density at radius 3 is 2.59 bits per heavy atom. The standard InChI is InChI=1S/C23H19ClN2O3/c1-2-26-19-13-15(22(27)25-14-16-7-3-5-9-18(16)24)11-12-21(19)29-20-10-6-4-8-17(20)23(26)28/h3-13H,2,14H2,1H3,(H,25,27). The van der Waals surface area contributed by atoms with Crippen molar-refractivity contribution in [3.63, 3.8) is 0 Å². The van der Waals surface area contributed by atoms with Crippen LogP contribution in [-0.4, -0.2) is 18.4 Å². The molecule has 3 aromatic carbocycles. The fraction of sp³-hybridized carbons (Fsp3) is 0.130. The van der Waals surface area contributed by atoms with Crippen LogP contribution in [0.3, 0.4) is 0 Å². The number of para-hydroxylation sites is 1. The van der Waals surface area contributed by atoms with Gasteiger partial charge in [-0.25, -0.2) is 0 Å². The maximum Gasteiger partial charge on any atom is 0.262 e. The Bertz CT molecular complexity index is 1100. The summed E-state index contributed by atoms with van der Waals surface area (Å²) in [5.74, 6) is 0.631. The molecule has 0 spiro atoms. The van der Waals surface area contributed by atoms with Crippen molar-refractivity contribution >= 4 is 29.1 Å². The summed E-state index contributed by atoms with van der Waals surface area (Å²) in [5.41, 5.74) is 2.34. The van der Waals surface area contributed by atoms with Crippen LogP contribution in [0.25, 0.3) is 0 Å². The monoisotopic (exact) mass is 406 g/mol. The van der Waals surface area contributed by atoms with Gasteiger partial charge in [0.15, 0.2) is 5.75 Å². The van der Waals surface area contributed by atoms with Crippen LogP contribution in [0.15, 0.2) is 66.7 Å². The maximum atomic E-state index is 13.0. The Morgan fingerprint density at radius 1 is 1.03 bits per heavy atom. The lowest BCUT2D eigenvalue weighted by molar-refractivity contribution is 0.0948. The molecule has 146 valence electrons. The number of hydrogen-bond donors (Lipinski definition) is 1. The minimum atomic E-state index is -0.252. The SMILES string of the molecule is CCN1C(=O)c2ccccc2Oc2ccc(C(=O)NCc3ccccc3Cl)cc21. The zero-order valence-corrected chi connectivity index (χ0v) is 16.6. The van der Waals surface area contributed by atoms with Gasteiger partial charge in [-0.15, -0.1) is 0 Å². The number of nitrogens with zero attached hydrogens (tertiary/aromatic N) is 1. The fourth-order valence-electron chi connectivity index (χ4n) is 3.29. The van der Waals surface area contributed by atoms with Gasteiger partial charge in [0.1, 0.15) is 5.75 Å². The number of ether oxygens (including phenoxy) is 1. The van der Waals surface area contributed by atoms with Crippen molar-refractivity contribution in [3.8, 4) is 11.5 Å². The molecule has 1 heterocycles. The van der Waals surface area contributed by atoms with E-state index in [-0.39, 0.29) is 11.8 Å². The molecule has 0 atom stereocenters. The van der Waals surface area contributed by atoms with Gasteiger partial charge in [0.2, 0.25) is 0 Å². The van der Waals surface area contributed by atoms with Gasteiger partial charge in [0.25, 0.3) is 11.8 Å². The van der Waals surface area contributed by atoms with E-state index in [1.807, 2.05) is 31.2 Å². The molecule has 2 amide bonds. The quantitative estimate of drug-likeness (QED) is 0.660. The summed E-state index contributed by atoms with van der Waals surface area (Å²) in [6.07, 6.45) is 0. The highest BCUT2D eigenvalue weighted by molar-refractivity contribution is 6.31. The van der Waals surface area contributed by atoms with Crippen LogP contribution < -0.4 is 15.0 Å². The van der Waals surface area contributed by atoms with E-state index in [4.69, 9.17) is 16.3 Å². The highest BCUT2D eigenvalue weighted by Gasteiger charge is 2.27. The van der Waals surface area contributed by atoms with Crippen molar-refractivity contribution in [1.29, 1.82) is 0 Å². The smallest absolute Gasteiger partial charge is 0.262 e. The first-order valence-electron chi connectivity index (χ1n) is 9.33. The van der Waals surface area contributed by atoms with E-state index in [0.717, 1.165) is 5.56 Å². The van der Waals surface area contributed by atoms with Crippen molar-refractivity contribution < 1.29 is 14.3 Å². The first-order valence-corrected chi connectivity index (χ1v) is 9.70.